The van der Waals surface area contributed by atoms with E-state index in [1.54, 1.807) is 12.1 Å². The quantitative estimate of drug-likeness (QED) is 0.578. The third-order valence-corrected chi connectivity index (χ3v) is 1.96. The Kier molecular flexibility index (Phi) is 5.28. The zero-order chi connectivity index (χ0) is 11.8. The highest BCUT2D eigenvalue weighted by atomic mass is 16.5. The summed E-state index contributed by atoms with van der Waals surface area (Å²) in [7, 11) is 1.30. The first-order valence-electron chi connectivity index (χ1n) is 5.06. The minimum atomic E-state index is -0.516. The monoisotopic (exact) mass is 225 g/mol. The molecule has 1 heterocycles. The van der Waals surface area contributed by atoms with E-state index in [0.29, 0.717) is 18.8 Å². The number of methoxy groups -OCH3 is 1. The van der Waals surface area contributed by atoms with Gasteiger partial charge in [-0.25, -0.2) is 9.78 Å². The summed E-state index contributed by atoms with van der Waals surface area (Å²) in [5.74, 6) is -0.106. The number of hydrogen-bond acceptors (Lipinski definition) is 5. The van der Waals surface area contributed by atoms with Crippen molar-refractivity contribution in [2.24, 2.45) is 0 Å². The Bertz CT molecular complexity index is 341. The minimum Gasteiger partial charge on any atom is -0.491 e. The van der Waals surface area contributed by atoms with Crippen molar-refractivity contribution in [3.8, 4) is 5.75 Å². The van der Waals surface area contributed by atoms with Crippen LogP contribution in [-0.4, -0.2) is 36.4 Å². The van der Waals surface area contributed by atoms with Crippen LogP contribution in [0.5, 0.6) is 5.75 Å². The molecule has 0 fully saturated rings. The molecule has 5 heteroatoms. The van der Waals surface area contributed by atoms with Crippen LogP contribution in [0, 0.1) is 0 Å². The van der Waals surface area contributed by atoms with Gasteiger partial charge in [-0.3, -0.25) is 0 Å². The summed E-state index contributed by atoms with van der Waals surface area (Å²) in [5, 5.41) is 8.60. The maximum atomic E-state index is 11.3. The van der Waals surface area contributed by atoms with Gasteiger partial charge in [-0.2, -0.15) is 0 Å². The lowest BCUT2D eigenvalue weighted by molar-refractivity contribution is 0.0588. The lowest BCUT2D eigenvalue weighted by Crippen LogP contribution is -2.08. The fourth-order valence-electron chi connectivity index (χ4n) is 1.15. The van der Waals surface area contributed by atoms with Gasteiger partial charge < -0.3 is 14.6 Å². The largest absolute Gasteiger partial charge is 0.491 e. The Labute approximate surface area is 94.0 Å². The molecule has 5 nitrogen and oxygen atoms in total. The number of nitrogens with zero attached hydrogens (tertiary/aromatic N) is 1. The summed E-state index contributed by atoms with van der Waals surface area (Å²) >= 11 is 0. The summed E-state index contributed by atoms with van der Waals surface area (Å²) in [6, 6.07) is 3.35. The van der Waals surface area contributed by atoms with Crippen molar-refractivity contribution in [1.82, 2.24) is 4.98 Å². The van der Waals surface area contributed by atoms with Crippen LogP contribution >= 0.6 is 0 Å². The molecule has 0 aromatic carbocycles. The first kappa shape index (κ1) is 12.4. The zero-order valence-corrected chi connectivity index (χ0v) is 9.18. The molecule has 16 heavy (non-hydrogen) atoms. The van der Waals surface area contributed by atoms with Crippen molar-refractivity contribution < 1.29 is 19.4 Å². The van der Waals surface area contributed by atoms with Gasteiger partial charge in [0.25, 0.3) is 0 Å². The average Bonchev–Trinajstić information content (AvgIpc) is 2.34. The van der Waals surface area contributed by atoms with Crippen molar-refractivity contribution in [3.63, 3.8) is 0 Å². The highest BCUT2D eigenvalue weighted by molar-refractivity contribution is 5.90. The van der Waals surface area contributed by atoms with E-state index in [1.165, 1.54) is 13.3 Å². The number of carbonyl (C=O) groups excluding carboxylic acids is 1. The van der Waals surface area contributed by atoms with Gasteiger partial charge in [0.15, 0.2) is 11.4 Å². The molecule has 0 aliphatic rings. The molecule has 1 rings (SSSR count). The van der Waals surface area contributed by atoms with Crippen LogP contribution in [0.2, 0.25) is 0 Å². The van der Waals surface area contributed by atoms with Crippen LogP contribution < -0.4 is 4.74 Å². The number of unbranched alkanes of at least 4 members (excludes halogenated alkanes) is 1. The van der Waals surface area contributed by atoms with E-state index in [0.717, 1.165) is 6.42 Å². The van der Waals surface area contributed by atoms with Crippen molar-refractivity contribution in [3.05, 3.63) is 24.0 Å². The number of carbonyl (C=O) groups is 1. The van der Waals surface area contributed by atoms with E-state index in [2.05, 4.69) is 9.72 Å². The number of ether oxygens (including phenoxy) is 2. The van der Waals surface area contributed by atoms with Gasteiger partial charge in [-0.15, -0.1) is 0 Å². The van der Waals surface area contributed by atoms with E-state index in [9.17, 15) is 4.79 Å². The molecule has 0 bridgehead atoms. The topological polar surface area (TPSA) is 68.7 Å². The van der Waals surface area contributed by atoms with E-state index < -0.39 is 5.97 Å². The van der Waals surface area contributed by atoms with Gasteiger partial charge in [-0.1, -0.05) is 0 Å². The second kappa shape index (κ2) is 6.79. The number of esters is 1. The fraction of sp³-hybridized carbons (Fsp3) is 0.455. The molecule has 0 aliphatic carbocycles. The number of hydrogen-bond donors (Lipinski definition) is 1. The predicted octanol–water partition coefficient (Wildman–Crippen LogP) is 1.02. The summed E-state index contributed by atoms with van der Waals surface area (Å²) in [5.41, 5.74) is 0.175. The highest BCUT2D eigenvalue weighted by Crippen LogP contribution is 2.16. The van der Waals surface area contributed by atoms with Crippen molar-refractivity contribution in [2.45, 2.75) is 12.8 Å². The Balaban J connectivity index is 2.60. The molecule has 1 N–H and O–H groups in total. The number of pyridine rings is 1. The van der Waals surface area contributed by atoms with Gasteiger partial charge in [0.2, 0.25) is 0 Å². The van der Waals surface area contributed by atoms with Crippen molar-refractivity contribution in [2.75, 3.05) is 20.3 Å². The molecule has 0 saturated heterocycles. The Morgan fingerprint density at radius 2 is 2.31 bits per heavy atom. The van der Waals surface area contributed by atoms with Crippen LogP contribution in [0.15, 0.2) is 18.3 Å². The molecule has 0 spiro atoms. The summed E-state index contributed by atoms with van der Waals surface area (Å²) in [4.78, 5) is 15.2. The normalized spacial score (nSPS) is 9.88. The van der Waals surface area contributed by atoms with Crippen LogP contribution in [0.25, 0.3) is 0 Å². The molecule has 0 aliphatic heterocycles. The molecule has 0 amide bonds. The van der Waals surface area contributed by atoms with Crippen LogP contribution in [-0.2, 0) is 4.74 Å². The van der Waals surface area contributed by atoms with E-state index >= 15 is 0 Å². The smallest absolute Gasteiger partial charge is 0.360 e. The van der Waals surface area contributed by atoms with Crippen molar-refractivity contribution in [1.29, 1.82) is 0 Å². The number of aromatic nitrogens is 1. The zero-order valence-electron chi connectivity index (χ0n) is 9.18. The lowest BCUT2D eigenvalue weighted by Gasteiger charge is -2.08. The second-order valence-electron chi connectivity index (χ2n) is 3.12. The summed E-state index contributed by atoms with van der Waals surface area (Å²) in [6.07, 6.45) is 2.91. The third-order valence-electron chi connectivity index (χ3n) is 1.96. The summed E-state index contributed by atoms with van der Waals surface area (Å²) in [6.45, 7) is 0.580. The number of rotatable bonds is 6. The van der Waals surface area contributed by atoms with Crippen molar-refractivity contribution >= 4 is 5.97 Å². The fourth-order valence-corrected chi connectivity index (χ4v) is 1.15. The lowest BCUT2D eigenvalue weighted by atomic mass is 10.3. The van der Waals surface area contributed by atoms with E-state index in [-0.39, 0.29) is 12.3 Å². The molecule has 0 saturated carbocycles. The number of aliphatic hydroxyl groups is 1. The van der Waals surface area contributed by atoms with Gasteiger partial charge in [-0.05, 0) is 25.0 Å². The predicted molar refractivity (Wildman–Crippen MR) is 57.4 cm³/mol. The molecule has 1 aromatic heterocycles. The Morgan fingerprint density at radius 3 is 3.00 bits per heavy atom. The standard InChI is InChI=1S/C11H15NO4/c1-15-11(14)10-9(5-4-6-12-10)16-8-3-2-7-13/h4-6,13H,2-3,7-8H2,1H3. The first-order valence-corrected chi connectivity index (χ1v) is 5.06. The van der Waals surface area contributed by atoms with E-state index in [4.69, 9.17) is 9.84 Å². The Hall–Kier alpha value is -1.62. The first-order chi connectivity index (χ1) is 7.79. The van der Waals surface area contributed by atoms with Gasteiger partial charge in [0.05, 0.1) is 13.7 Å². The average molecular weight is 225 g/mol. The molecule has 0 radical (unpaired) electrons. The molecule has 88 valence electrons. The minimum absolute atomic E-state index is 0.139. The van der Waals surface area contributed by atoms with E-state index in [1.807, 2.05) is 0 Å². The third kappa shape index (κ3) is 3.51. The SMILES string of the molecule is COC(=O)c1ncccc1OCCCCO. The maximum absolute atomic E-state index is 11.3. The van der Waals surface area contributed by atoms with Gasteiger partial charge >= 0.3 is 5.97 Å². The van der Waals surface area contributed by atoms with Crippen LogP contribution in [0.3, 0.4) is 0 Å². The number of aliphatic hydroxyl groups excluding tert-OH is 1. The highest BCUT2D eigenvalue weighted by Gasteiger charge is 2.13. The molecule has 1 aromatic rings. The van der Waals surface area contributed by atoms with Gasteiger partial charge in [0.1, 0.15) is 0 Å². The molecular weight excluding hydrogens is 210 g/mol. The molecule has 0 unspecified atom stereocenters. The maximum Gasteiger partial charge on any atom is 0.360 e. The second-order valence-corrected chi connectivity index (χ2v) is 3.12. The van der Waals surface area contributed by atoms with Crippen LogP contribution in [0.1, 0.15) is 23.3 Å². The summed E-state index contributed by atoms with van der Waals surface area (Å²) < 4.78 is 9.97. The molecular formula is C11H15NO4. The van der Waals surface area contributed by atoms with Crippen LogP contribution in [0.4, 0.5) is 0 Å². The Morgan fingerprint density at radius 1 is 1.50 bits per heavy atom. The molecule has 0 atom stereocenters. The van der Waals surface area contributed by atoms with Gasteiger partial charge in [0, 0.05) is 12.8 Å².